The zero-order valence-corrected chi connectivity index (χ0v) is 16.7. The molecule has 0 aliphatic rings. The average Bonchev–Trinajstić information content (AvgIpc) is 2.78. The second-order valence-electron chi connectivity index (χ2n) is 6.98. The standard InChI is InChI=1S/C25H26O4/c1-19-13-15-20(16-14-19)17-18-29-25(23(26)24(27)28-2,21-9-5-3-6-10-21)22-11-7-4-8-12-22/h3-16,23,26H,17-18H2,1-2H3. The number of aliphatic hydroxyl groups excluding tert-OH is 1. The van der Waals surface area contributed by atoms with E-state index in [-0.39, 0.29) is 0 Å². The molecule has 1 N–H and O–H groups in total. The van der Waals surface area contributed by atoms with Crippen LogP contribution in [0.5, 0.6) is 0 Å². The van der Waals surface area contributed by atoms with Gasteiger partial charge in [-0.3, -0.25) is 0 Å². The Kier molecular flexibility index (Phi) is 6.81. The van der Waals surface area contributed by atoms with E-state index in [1.165, 1.54) is 12.7 Å². The van der Waals surface area contributed by atoms with Gasteiger partial charge in [-0.15, -0.1) is 0 Å². The van der Waals surface area contributed by atoms with Crippen LogP contribution in [0.2, 0.25) is 0 Å². The summed E-state index contributed by atoms with van der Waals surface area (Å²) in [5.74, 6) is -0.743. The maximum absolute atomic E-state index is 12.4. The molecule has 0 bridgehead atoms. The molecule has 3 rings (SSSR count). The van der Waals surface area contributed by atoms with E-state index in [4.69, 9.17) is 9.47 Å². The number of esters is 1. The van der Waals surface area contributed by atoms with Crippen molar-refractivity contribution in [2.45, 2.75) is 25.0 Å². The largest absolute Gasteiger partial charge is 0.467 e. The number of carbonyl (C=O) groups excluding carboxylic acids is 1. The van der Waals surface area contributed by atoms with Crippen LogP contribution >= 0.6 is 0 Å². The molecule has 0 saturated carbocycles. The van der Waals surface area contributed by atoms with Gasteiger partial charge in [-0.25, -0.2) is 4.79 Å². The fourth-order valence-electron chi connectivity index (χ4n) is 3.46. The highest BCUT2D eigenvalue weighted by atomic mass is 16.6. The molecule has 0 radical (unpaired) electrons. The van der Waals surface area contributed by atoms with Gasteiger partial charge in [0.2, 0.25) is 0 Å². The number of aryl methyl sites for hydroxylation is 1. The van der Waals surface area contributed by atoms with Crippen LogP contribution in [0.25, 0.3) is 0 Å². The Labute approximate surface area is 171 Å². The third kappa shape index (κ3) is 4.56. The first-order chi connectivity index (χ1) is 14.1. The van der Waals surface area contributed by atoms with Crippen LogP contribution in [0.1, 0.15) is 22.3 Å². The van der Waals surface area contributed by atoms with E-state index in [2.05, 4.69) is 24.3 Å². The predicted molar refractivity (Wildman–Crippen MR) is 113 cm³/mol. The number of carbonyl (C=O) groups is 1. The van der Waals surface area contributed by atoms with E-state index in [9.17, 15) is 9.90 Å². The molecular formula is C25H26O4. The van der Waals surface area contributed by atoms with Gasteiger partial charge in [0.15, 0.2) is 11.7 Å². The molecule has 3 aromatic carbocycles. The zero-order chi connectivity index (χ0) is 20.7. The number of methoxy groups -OCH3 is 1. The number of hydrogen-bond donors (Lipinski definition) is 1. The molecule has 0 amide bonds. The third-order valence-electron chi connectivity index (χ3n) is 5.06. The molecule has 29 heavy (non-hydrogen) atoms. The van der Waals surface area contributed by atoms with Gasteiger partial charge in [-0.1, -0.05) is 90.5 Å². The van der Waals surface area contributed by atoms with Crippen LogP contribution in [0.3, 0.4) is 0 Å². The summed E-state index contributed by atoms with van der Waals surface area (Å²) in [6, 6.07) is 26.9. The number of hydrogen-bond acceptors (Lipinski definition) is 4. The molecule has 0 heterocycles. The van der Waals surface area contributed by atoms with Crippen molar-refractivity contribution in [3.63, 3.8) is 0 Å². The van der Waals surface area contributed by atoms with Crippen LogP contribution < -0.4 is 0 Å². The summed E-state index contributed by atoms with van der Waals surface area (Å²) in [6.45, 7) is 2.36. The van der Waals surface area contributed by atoms with Crippen LogP contribution in [-0.4, -0.2) is 30.9 Å². The van der Waals surface area contributed by atoms with Crippen LogP contribution in [-0.2, 0) is 26.3 Å². The smallest absolute Gasteiger partial charge is 0.338 e. The normalized spacial score (nSPS) is 12.4. The van der Waals surface area contributed by atoms with Gasteiger partial charge in [0, 0.05) is 0 Å². The second-order valence-corrected chi connectivity index (χ2v) is 6.98. The van der Waals surface area contributed by atoms with Crippen molar-refractivity contribution in [3.05, 3.63) is 107 Å². The third-order valence-corrected chi connectivity index (χ3v) is 5.06. The number of aliphatic hydroxyl groups is 1. The van der Waals surface area contributed by atoms with Gasteiger partial charge >= 0.3 is 5.97 Å². The van der Waals surface area contributed by atoms with Gasteiger partial charge in [0.1, 0.15) is 0 Å². The quantitative estimate of drug-likeness (QED) is 0.590. The van der Waals surface area contributed by atoms with Crippen LogP contribution in [0, 0.1) is 6.92 Å². The molecule has 1 unspecified atom stereocenters. The summed E-state index contributed by atoms with van der Waals surface area (Å²) >= 11 is 0. The molecule has 1 atom stereocenters. The van der Waals surface area contributed by atoms with E-state index in [1.807, 2.05) is 67.6 Å². The zero-order valence-electron chi connectivity index (χ0n) is 16.7. The maximum atomic E-state index is 12.4. The Balaban J connectivity index is 2.01. The number of benzene rings is 3. The fraction of sp³-hybridized carbons (Fsp3) is 0.240. The molecular weight excluding hydrogens is 364 g/mol. The van der Waals surface area contributed by atoms with Crippen molar-refractivity contribution in [2.75, 3.05) is 13.7 Å². The summed E-state index contributed by atoms with van der Waals surface area (Å²) in [4.78, 5) is 12.4. The highest BCUT2D eigenvalue weighted by Gasteiger charge is 2.47. The topological polar surface area (TPSA) is 55.8 Å². The van der Waals surface area contributed by atoms with E-state index in [0.29, 0.717) is 24.2 Å². The molecule has 0 aromatic heterocycles. The van der Waals surface area contributed by atoms with E-state index >= 15 is 0 Å². The van der Waals surface area contributed by atoms with Crippen molar-refractivity contribution in [2.24, 2.45) is 0 Å². The first-order valence-electron chi connectivity index (χ1n) is 9.64. The molecule has 3 aromatic rings. The Hall–Kier alpha value is -2.95. The second kappa shape index (κ2) is 9.50. The maximum Gasteiger partial charge on any atom is 0.338 e. The first kappa shape index (κ1) is 20.8. The Morgan fingerprint density at radius 1 is 0.897 bits per heavy atom. The lowest BCUT2D eigenvalue weighted by Gasteiger charge is -2.37. The Bertz CT molecular complexity index is 865. The van der Waals surface area contributed by atoms with E-state index < -0.39 is 17.7 Å². The van der Waals surface area contributed by atoms with Gasteiger partial charge < -0.3 is 14.6 Å². The van der Waals surface area contributed by atoms with Gasteiger partial charge in [0.05, 0.1) is 13.7 Å². The van der Waals surface area contributed by atoms with E-state index in [1.54, 1.807) is 0 Å². The summed E-state index contributed by atoms with van der Waals surface area (Å²) in [6.07, 6.45) is -0.870. The SMILES string of the molecule is COC(=O)C(O)C(OCCc1ccc(C)cc1)(c1ccccc1)c1ccccc1. The highest BCUT2D eigenvalue weighted by Crippen LogP contribution is 2.38. The van der Waals surface area contributed by atoms with Crippen molar-refractivity contribution >= 4 is 5.97 Å². The number of ether oxygens (including phenoxy) is 2. The number of rotatable bonds is 8. The average molecular weight is 390 g/mol. The van der Waals surface area contributed by atoms with Crippen LogP contribution in [0.15, 0.2) is 84.9 Å². The fourth-order valence-corrected chi connectivity index (χ4v) is 3.46. The Morgan fingerprint density at radius 3 is 1.90 bits per heavy atom. The minimum Gasteiger partial charge on any atom is -0.467 e. The molecule has 0 spiro atoms. The highest BCUT2D eigenvalue weighted by molar-refractivity contribution is 5.77. The monoisotopic (exact) mass is 390 g/mol. The summed E-state index contributed by atoms with van der Waals surface area (Å²) in [5, 5.41) is 11.1. The molecule has 4 nitrogen and oxygen atoms in total. The van der Waals surface area contributed by atoms with Crippen LogP contribution in [0.4, 0.5) is 0 Å². The van der Waals surface area contributed by atoms with Crippen molar-refractivity contribution in [1.82, 2.24) is 0 Å². The minimum absolute atomic E-state index is 0.320. The van der Waals surface area contributed by atoms with Crippen molar-refractivity contribution in [1.29, 1.82) is 0 Å². The summed E-state index contributed by atoms with van der Waals surface area (Å²) < 4.78 is 11.2. The predicted octanol–water partition coefficient (Wildman–Crippen LogP) is 4.03. The first-order valence-corrected chi connectivity index (χ1v) is 9.64. The summed E-state index contributed by atoms with van der Waals surface area (Å²) in [7, 11) is 1.26. The molecule has 0 fully saturated rings. The summed E-state index contributed by atoms with van der Waals surface area (Å²) in [5.41, 5.74) is 2.32. The lowest BCUT2D eigenvalue weighted by atomic mass is 9.81. The van der Waals surface area contributed by atoms with Gasteiger partial charge in [-0.05, 0) is 30.0 Å². The minimum atomic E-state index is -1.52. The Morgan fingerprint density at radius 2 is 1.41 bits per heavy atom. The lowest BCUT2D eigenvalue weighted by Crippen LogP contribution is -2.48. The van der Waals surface area contributed by atoms with Gasteiger partial charge in [0.25, 0.3) is 0 Å². The molecule has 150 valence electrons. The lowest BCUT2D eigenvalue weighted by molar-refractivity contribution is -0.170. The van der Waals surface area contributed by atoms with E-state index in [0.717, 1.165) is 5.56 Å². The molecule has 0 aliphatic carbocycles. The van der Waals surface area contributed by atoms with Crippen molar-refractivity contribution in [3.8, 4) is 0 Å². The van der Waals surface area contributed by atoms with Crippen molar-refractivity contribution < 1.29 is 19.4 Å². The van der Waals surface area contributed by atoms with Gasteiger partial charge in [-0.2, -0.15) is 0 Å². The molecule has 4 heteroatoms. The molecule has 0 aliphatic heterocycles. The molecule has 0 saturated heterocycles.